The Morgan fingerprint density at radius 2 is 1.84 bits per heavy atom. The number of carbonyl (C=O) groups is 2. The number of carbonyl (C=O) groups excluding carboxylic acids is 2. The van der Waals surface area contributed by atoms with Gasteiger partial charge < -0.3 is 19.9 Å². The highest BCUT2D eigenvalue weighted by Gasteiger charge is 2.64. The molecule has 228 valence electrons. The average Bonchev–Trinajstić information content (AvgIpc) is 3.77. The Morgan fingerprint density at radius 1 is 1.05 bits per heavy atom. The van der Waals surface area contributed by atoms with E-state index in [1.165, 1.54) is 41.6 Å². The highest BCUT2D eigenvalue weighted by molar-refractivity contribution is 6.01. The Bertz CT molecular complexity index is 1560. The number of aromatic nitrogens is 1. The summed E-state index contributed by atoms with van der Waals surface area (Å²) in [5, 5.41) is 10.6. The molecular formula is C35H44N4O4. The monoisotopic (exact) mass is 584 g/mol. The van der Waals surface area contributed by atoms with Gasteiger partial charge in [0.2, 0.25) is 5.91 Å². The number of hydrogen-bond acceptors (Lipinski definition) is 5. The largest absolute Gasteiger partial charge is 0.497 e. The van der Waals surface area contributed by atoms with E-state index in [2.05, 4.69) is 27.7 Å². The third-order valence-electron chi connectivity index (χ3n) is 10.9. The van der Waals surface area contributed by atoms with Crippen LogP contribution in [0.5, 0.6) is 5.75 Å². The lowest BCUT2D eigenvalue weighted by Crippen LogP contribution is -2.46. The second kappa shape index (κ2) is 11.3. The number of methoxy groups -OCH3 is 1. The van der Waals surface area contributed by atoms with Gasteiger partial charge in [0, 0.05) is 47.1 Å². The minimum absolute atomic E-state index is 0.102. The van der Waals surface area contributed by atoms with Crippen LogP contribution in [0.3, 0.4) is 0 Å². The topological polar surface area (TPSA) is 110 Å². The van der Waals surface area contributed by atoms with Crippen LogP contribution in [0.2, 0.25) is 0 Å². The third kappa shape index (κ3) is 4.65. The van der Waals surface area contributed by atoms with Crippen molar-refractivity contribution in [1.29, 1.82) is 0 Å². The van der Waals surface area contributed by atoms with Crippen molar-refractivity contribution in [3.8, 4) is 17.0 Å². The number of nitrogens with one attached hydrogen (secondary N) is 1. The molecule has 2 aliphatic carbocycles. The Balaban J connectivity index is 1.45. The first kappa shape index (κ1) is 28.4. The molecule has 2 aromatic carbocycles. The zero-order chi connectivity index (χ0) is 29.7. The fourth-order valence-electron chi connectivity index (χ4n) is 8.71. The van der Waals surface area contributed by atoms with Crippen molar-refractivity contribution in [1.82, 2.24) is 14.9 Å². The molecule has 3 aromatic rings. The number of nitrogens with two attached hydrogens (primary N) is 1. The van der Waals surface area contributed by atoms with Crippen LogP contribution in [0, 0.1) is 5.41 Å². The number of benzene rings is 2. The molecule has 0 bridgehead atoms. The number of fused-ring (bicyclic) bond motifs is 7. The summed E-state index contributed by atoms with van der Waals surface area (Å²) in [6.45, 7) is 1.94. The van der Waals surface area contributed by atoms with E-state index in [-0.39, 0.29) is 17.9 Å². The van der Waals surface area contributed by atoms with Gasteiger partial charge in [-0.25, -0.2) is 5.48 Å². The van der Waals surface area contributed by atoms with E-state index in [4.69, 9.17) is 10.5 Å². The fraction of sp³-hybridized carbons (Fsp3) is 0.543. The molecule has 4 aliphatic rings. The maximum absolute atomic E-state index is 14.9. The van der Waals surface area contributed by atoms with Crippen molar-refractivity contribution in [2.24, 2.45) is 11.1 Å². The molecule has 3 fully saturated rings. The Hall–Kier alpha value is -3.36. The number of likely N-dealkylation sites (tertiary alicyclic amines) is 1. The number of ether oxygens (including phenoxy) is 1. The molecule has 3 unspecified atom stereocenters. The number of hydroxylamine groups is 1. The van der Waals surface area contributed by atoms with Crippen LogP contribution in [-0.2, 0) is 11.3 Å². The minimum atomic E-state index is -0.561. The van der Waals surface area contributed by atoms with Gasteiger partial charge in [-0.15, -0.1) is 0 Å². The molecule has 1 aromatic heterocycles. The summed E-state index contributed by atoms with van der Waals surface area (Å²) in [6, 6.07) is 12.3. The lowest BCUT2D eigenvalue weighted by Gasteiger charge is -2.34. The highest BCUT2D eigenvalue weighted by atomic mass is 16.5. The number of hydrogen-bond donors (Lipinski definition) is 3. The van der Waals surface area contributed by atoms with Crippen LogP contribution >= 0.6 is 0 Å². The van der Waals surface area contributed by atoms with Crippen molar-refractivity contribution in [3.05, 3.63) is 53.1 Å². The van der Waals surface area contributed by atoms with Crippen molar-refractivity contribution in [2.45, 2.75) is 95.1 Å². The van der Waals surface area contributed by atoms with Crippen LogP contribution < -0.4 is 16.0 Å². The molecule has 3 atom stereocenters. The second-order valence-corrected chi connectivity index (χ2v) is 13.3. The van der Waals surface area contributed by atoms with Gasteiger partial charge in [-0.3, -0.25) is 14.8 Å². The Labute approximate surface area is 253 Å². The third-order valence-corrected chi connectivity index (χ3v) is 10.9. The summed E-state index contributed by atoms with van der Waals surface area (Å²) < 4.78 is 8.09. The number of amides is 2. The van der Waals surface area contributed by atoms with Crippen molar-refractivity contribution < 1.29 is 19.5 Å². The first-order chi connectivity index (χ1) is 21.0. The molecule has 43 heavy (non-hydrogen) atoms. The standard InChI is InChI=1S/C35H44N4O4/c1-43-25-12-14-26-28(19-25)29-20-35(29,34(41)38-17-7-3-6-10-24(38)15-16-36)21-39-30-18-23(33(40)37-42)11-13-27(30)31(32(26)39)22-8-4-2-5-9-22/h11-14,18-19,22,24,29,42H,2-10,15-17,20-21,36H2,1H3,(H,37,40). The minimum Gasteiger partial charge on any atom is -0.497 e. The summed E-state index contributed by atoms with van der Waals surface area (Å²) in [5.41, 5.74) is 13.6. The van der Waals surface area contributed by atoms with E-state index in [0.717, 1.165) is 74.6 Å². The van der Waals surface area contributed by atoms with Crippen LogP contribution in [0.4, 0.5) is 0 Å². The maximum atomic E-state index is 14.9. The van der Waals surface area contributed by atoms with Gasteiger partial charge in [0.25, 0.3) is 5.91 Å². The van der Waals surface area contributed by atoms with Crippen LogP contribution in [0.25, 0.3) is 22.2 Å². The van der Waals surface area contributed by atoms with Gasteiger partial charge in [0.15, 0.2) is 0 Å². The van der Waals surface area contributed by atoms with Gasteiger partial charge >= 0.3 is 0 Å². The predicted octanol–water partition coefficient (Wildman–Crippen LogP) is 6.09. The van der Waals surface area contributed by atoms with E-state index in [9.17, 15) is 14.8 Å². The van der Waals surface area contributed by atoms with Crippen LogP contribution in [-0.4, -0.2) is 52.7 Å². The normalized spacial score (nSPS) is 25.2. The van der Waals surface area contributed by atoms with Crippen LogP contribution in [0.15, 0.2) is 36.4 Å². The van der Waals surface area contributed by atoms with Gasteiger partial charge in [0.05, 0.1) is 18.2 Å². The molecule has 4 N–H and O–H groups in total. The SMILES string of the molecule is COc1ccc2c(c1)C1CC1(C(=O)N1CCCCCC1CCN)Cn1c-2c(C2CCCCC2)c2ccc(C(=O)NO)cc21. The van der Waals surface area contributed by atoms with Crippen molar-refractivity contribution in [3.63, 3.8) is 0 Å². The molecule has 0 radical (unpaired) electrons. The van der Waals surface area contributed by atoms with E-state index in [1.807, 2.05) is 23.7 Å². The molecule has 1 saturated heterocycles. The van der Waals surface area contributed by atoms with Gasteiger partial charge in [0.1, 0.15) is 5.75 Å². The van der Waals surface area contributed by atoms with E-state index < -0.39 is 11.3 Å². The number of nitrogens with zero attached hydrogens (tertiary/aromatic N) is 2. The Morgan fingerprint density at radius 3 is 2.60 bits per heavy atom. The summed E-state index contributed by atoms with van der Waals surface area (Å²) in [4.78, 5) is 29.7. The quantitative estimate of drug-likeness (QED) is 0.240. The molecule has 0 spiro atoms. The van der Waals surface area contributed by atoms with Gasteiger partial charge in [-0.05, 0) is 92.4 Å². The van der Waals surface area contributed by atoms with Crippen molar-refractivity contribution in [2.75, 3.05) is 20.2 Å². The molecule has 2 aliphatic heterocycles. The fourth-order valence-corrected chi connectivity index (χ4v) is 8.71. The van der Waals surface area contributed by atoms with E-state index in [0.29, 0.717) is 24.6 Å². The summed E-state index contributed by atoms with van der Waals surface area (Å²) in [6.07, 6.45) is 11.9. The zero-order valence-corrected chi connectivity index (χ0v) is 25.2. The molecule has 7 rings (SSSR count). The van der Waals surface area contributed by atoms with Crippen LogP contribution in [0.1, 0.15) is 104 Å². The Kier molecular flexibility index (Phi) is 7.46. The maximum Gasteiger partial charge on any atom is 0.274 e. The highest BCUT2D eigenvalue weighted by Crippen LogP contribution is 2.66. The molecule has 8 heteroatoms. The molecular weight excluding hydrogens is 540 g/mol. The predicted molar refractivity (Wildman–Crippen MR) is 166 cm³/mol. The molecule has 3 heterocycles. The smallest absolute Gasteiger partial charge is 0.274 e. The molecule has 2 saturated carbocycles. The molecule has 2 amide bonds. The second-order valence-electron chi connectivity index (χ2n) is 13.3. The zero-order valence-electron chi connectivity index (χ0n) is 25.2. The summed E-state index contributed by atoms with van der Waals surface area (Å²) in [5.74, 6) is 1.06. The van der Waals surface area contributed by atoms with E-state index in [1.54, 1.807) is 7.11 Å². The first-order valence-corrected chi connectivity index (χ1v) is 16.3. The summed E-state index contributed by atoms with van der Waals surface area (Å²) >= 11 is 0. The molecule has 8 nitrogen and oxygen atoms in total. The lowest BCUT2D eigenvalue weighted by atomic mass is 9.81. The van der Waals surface area contributed by atoms with Gasteiger partial charge in [-0.1, -0.05) is 38.2 Å². The average molecular weight is 585 g/mol. The number of rotatable bonds is 6. The van der Waals surface area contributed by atoms with Crippen molar-refractivity contribution >= 4 is 22.7 Å². The summed E-state index contributed by atoms with van der Waals surface area (Å²) in [7, 11) is 1.70. The first-order valence-electron chi connectivity index (χ1n) is 16.3. The van der Waals surface area contributed by atoms with E-state index >= 15 is 0 Å². The van der Waals surface area contributed by atoms with Gasteiger partial charge in [-0.2, -0.15) is 0 Å². The lowest BCUT2D eigenvalue weighted by molar-refractivity contribution is -0.140.